The third-order valence-electron chi connectivity index (χ3n) is 2.43. The van der Waals surface area contributed by atoms with Crippen LogP contribution >= 0.6 is 11.6 Å². The number of carbonyl (C=O) groups is 2. The molecule has 0 saturated heterocycles. The van der Waals surface area contributed by atoms with Gasteiger partial charge < -0.3 is 5.11 Å². The molecule has 19 heavy (non-hydrogen) atoms. The van der Waals surface area contributed by atoms with Gasteiger partial charge in [0.25, 0.3) is 0 Å². The number of benzene rings is 1. The highest BCUT2D eigenvalue weighted by atomic mass is 35.5. The number of hydrogen-bond donors (Lipinski definition) is 1. The van der Waals surface area contributed by atoms with E-state index in [2.05, 4.69) is 4.98 Å². The summed E-state index contributed by atoms with van der Waals surface area (Å²) in [7, 11) is 0. The summed E-state index contributed by atoms with van der Waals surface area (Å²) in [5.41, 5.74) is -0.897. The average Bonchev–Trinajstić information content (AvgIpc) is 2.40. The van der Waals surface area contributed by atoms with Crippen molar-refractivity contribution in [1.82, 2.24) is 4.98 Å². The molecule has 0 aliphatic carbocycles. The van der Waals surface area contributed by atoms with Crippen molar-refractivity contribution in [3.8, 4) is 0 Å². The van der Waals surface area contributed by atoms with Gasteiger partial charge in [-0.1, -0.05) is 11.6 Å². The van der Waals surface area contributed by atoms with E-state index in [9.17, 15) is 14.0 Å². The number of carboxylic acids is 1. The Morgan fingerprint density at radius 1 is 1.21 bits per heavy atom. The summed E-state index contributed by atoms with van der Waals surface area (Å²) in [4.78, 5) is 26.7. The number of carboxylic acid groups (broad SMARTS) is 1. The van der Waals surface area contributed by atoms with Gasteiger partial charge in [0, 0.05) is 11.2 Å². The molecule has 1 heterocycles. The molecule has 0 atom stereocenters. The van der Waals surface area contributed by atoms with Crippen LogP contribution in [0.2, 0.25) is 5.02 Å². The summed E-state index contributed by atoms with van der Waals surface area (Å²) in [6.45, 7) is 0. The summed E-state index contributed by atoms with van der Waals surface area (Å²) < 4.78 is 13.6. The standard InChI is InChI=1S/C13H7ClFNO3/c14-7-3-4-10(15)9(6-7)12(17)8-2-1-5-16-11(8)13(18)19/h1-6H,(H,18,19). The van der Waals surface area contributed by atoms with Crippen molar-refractivity contribution in [3.05, 3.63) is 64.2 Å². The number of pyridine rings is 1. The second kappa shape index (κ2) is 5.16. The first kappa shape index (κ1) is 13.2. The van der Waals surface area contributed by atoms with Crippen molar-refractivity contribution in [1.29, 1.82) is 0 Å². The van der Waals surface area contributed by atoms with Crippen LogP contribution < -0.4 is 0 Å². The van der Waals surface area contributed by atoms with Crippen LogP contribution in [0.3, 0.4) is 0 Å². The molecule has 0 saturated carbocycles. The smallest absolute Gasteiger partial charge is 0.355 e. The molecule has 1 N–H and O–H groups in total. The van der Waals surface area contributed by atoms with Gasteiger partial charge >= 0.3 is 5.97 Å². The number of hydrogen-bond acceptors (Lipinski definition) is 3. The minimum atomic E-state index is -1.36. The zero-order chi connectivity index (χ0) is 14.0. The minimum Gasteiger partial charge on any atom is -0.476 e. The molecule has 0 bridgehead atoms. The molecule has 0 spiro atoms. The fraction of sp³-hybridized carbons (Fsp3) is 0. The van der Waals surface area contributed by atoms with E-state index in [1.807, 2.05) is 0 Å². The molecular formula is C13H7ClFNO3. The first-order chi connectivity index (χ1) is 9.00. The SMILES string of the molecule is O=C(c1cc(Cl)ccc1F)c1cccnc1C(=O)O. The van der Waals surface area contributed by atoms with E-state index in [1.165, 1.54) is 24.4 Å². The second-order valence-corrected chi connectivity index (χ2v) is 4.09. The van der Waals surface area contributed by atoms with Gasteiger partial charge in [-0.05, 0) is 30.3 Å². The topological polar surface area (TPSA) is 67.3 Å². The van der Waals surface area contributed by atoms with E-state index >= 15 is 0 Å². The van der Waals surface area contributed by atoms with Crippen molar-refractivity contribution < 1.29 is 19.1 Å². The molecule has 0 fully saturated rings. The van der Waals surface area contributed by atoms with E-state index in [0.29, 0.717) is 0 Å². The molecule has 6 heteroatoms. The van der Waals surface area contributed by atoms with Crippen LogP contribution in [0.1, 0.15) is 26.4 Å². The quantitative estimate of drug-likeness (QED) is 0.877. The van der Waals surface area contributed by atoms with Crippen LogP contribution in [-0.2, 0) is 0 Å². The Morgan fingerprint density at radius 3 is 2.63 bits per heavy atom. The van der Waals surface area contributed by atoms with Crippen molar-refractivity contribution in [2.75, 3.05) is 0 Å². The number of aromatic nitrogens is 1. The molecule has 0 unspecified atom stereocenters. The molecular weight excluding hydrogens is 273 g/mol. The molecule has 1 aromatic heterocycles. The van der Waals surface area contributed by atoms with Gasteiger partial charge in [0.15, 0.2) is 11.5 Å². The summed E-state index contributed by atoms with van der Waals surface area (Å²) in [6, 6.07) is 6.18. The molecule has 96 valence electrons. The second-order valence-electron chi connectivity index (χ2n) is 3.66. The fourth-order valence-electron chi connectivity index (χ4n) is 1.58. The van der Waals surface area contributed by atoms with Crippen molar-refractivity contribution >= 4 is 23.4 Å². The first-order valence-electron chi connectivity index (χ1n) is 5.19. The van der Waals surface area contributed by atoms with E-state index in [-0.39, 0.29) is 16.1 Å². The van der Waals surface area contributed by atoms with Crippen molar-refractivity contribution in [2.24, 2.45) is 0 Å². The maximum absolute atomic E-state index is 13.6. The normalized spacial score (nSPS) is 10.2. The molecule has 1 aromatic carbocycles. The Balaban J connectivity index is 2.56. The van der Waals surface area contributed by atoms with Crippen LogP contribution in [0, 0.1) is 5.82 Å². The Hall–Kier alpha value is -2.27. The number of ketones is 1. The van der Waals surface area contributed by atoms with Crippen LogP contribution in [0.25, 0.3) is 0 Å². The molecule has 0 aliphatic heterocycles. The predicted molar refractivity (Wildman–Crippen MR) is 66.0 cm³/mol. The largest absolute Gasteiger partial charge is 0.476 e. The Labute approximate surface area is 112 Å². The van der Waals surface area contributed by atoms with Gasteiger partial charge in [0.2, 0.25) is 0 Å². The lowest BCUT2D eigenvalue weighted by Crippen LogP contribution is -2.12. The monoisotopic (exact) mass is 279 g/mol. The van der Waals surface area contributed by atoms with E-state index in [4.69, 9.17) is 16.7 Å². The Bertz CT molecular complexity index is 673. The van der Waals surface area contributed by atoms with Crippen LogP contribution in [0.4, 0.5) is 4.39 Å². The summed E-state index contributed by atoms with van der Waals surface area (Å²) in [6.07, 6.45) is 1.24. The number of nitrogens with zero attached hydrogens (tertiary/aromatic N) is 1. The van der Waals surface area contributed by atoms with Gasteiger partial charge in [-0.25, -0.2) is 14.2 Å². The van der Waals surface area contributed by atoms with Crippen molar-refractivity contribution in [3.63, 3.8) is 0 Å². The molecule has 0 radical (unpaired) electrons. The van der Waals surface area contributed by atoms with Crippen LogP contribution in [-0.4, -0.2) is 21.8 Å². The maximum atomic E-state index is 13.6. The van der Waals surface area contributed by atoms with E-state index in [0.717, 1.165) is 12.1 Å². The van der Waals surface area contributed by atoms with Crippen LogP contribution in [0.15, 0.2) is 36.5 Å². The van der Waals surface area contributed by atoms with Crippen LogP contribution in [0.5, 0.6) is 0 Å². The highest BCUT2D eigenvalue weighted by Crippen LogP contribution is 2.19. The molecule has 0 aliphatic rings. The first-order valence-corrected chi connectivity index (χ1v) is 5.56. The van der Waals surface area contributed by atoms with E-state index < -0.39 is 23.3 Å². The number of carbonyl (C=O) groups excluding carboxylic acids is 1. The van der Waals surface area contributed by atoms with E-state index in [1.54, 1.807) is 0 Å². The maximum Gasteiger partial charge on any atom is 0.355 e. The molecule has 2 rings (SSSR count). The van der Waals surface area contributed by atoms with Gasteiger partial charge in [0.05, 0.1) is 11.1 Å². The highest BCUT2D eigenvalue weighted by molar-refractivity contribution is 6.31. The Morgan fingerprint density at radius 2 is 1.95 bits per heavy atom. The molecule has 2 aromatic rings. The lowest BCUT2D eigenvalue weighted by Gasteiger charge is -2.05. The van der Waals surface area contributed by atoms with Gasteiger partial charge in [-0.3, -0.25) is 4.79 Å². The molecule has 0 amide bonds. The third kappa shape index (κ3) is 2.61. The zero-order valence-electron chi connectivity index (χ0n) is 9.43. The number of aromatic carboxylic acids is 1. The molecule has 4 nitrogen and oxygen atoms in total. The van der Waals surface area contributed by atoms with Gasteiger partial charge in [0.1, 0.15) is 5.82 Å². The predicted octanol–water partition coefficient (Wildman–Crippen LogP) is 2.80. The summed E-state index contributed by atoms with van der Waals surface area (Å²) in [5, 5.41) is 9.14. The Kier molecular flexibility index (Phi) is 3.57. The summed E-state index contributed by atoms with van der Waals surface area (Å²) in [5.74, 6) is -2.90. The zero-order valence-corrected chi connectivity index (χ0v) is 10.2. The number of rotatable bonds is 3. The van der Waals surface area contributed by atoms with Gasteiger partial charge in [-0.2, -0.15) is 0 Å². The lowest BCUT2D eigenvalue weighted by atomic mass is 10.0. The number of halogens is 2. The highest BCUT2D eigenvalue weighted by Gasteiger charge is 2.21. The van der Waals surface area contributed by atoms with Gasteiger partial charge in [-0.15, -0.1) is 0 Å². The van der Waals surface area contributed by atoms with Crippen molar-refractivity contribution in [2.45, 2.75) is 0 Å². The third-order valence-corrected chi connectivity index (χ3v) is 2.66. The lowest BCUT2D eigenvalue weighted by molar-refractivity contribution is 0.0686. The minimum absolute atomic E-state index is 0.184. The average molecular weight is 280 g/mol. The fourth-order valence-corrected chi connectivity index (χ4v) is 1.75. The summed E-state index contributed by atoms with van der Waals surface area (Å²) >= 11 is 5.70.